The molecular formula is C16H32. The Balaban J connectivity index is 3.26. The number of rotatable bonds is 10. The molecule has 0 rings (SSSR count). The highest BCUT2D eigenvalue weighted by Gasteiger charge is 1.95. The van der Waals surface area contributed by atoms with E-state index in [4.69, 9.17) is 0 Å². The maximum atomic E-state index is 2.41. The average Bonchev–Trinajstić information content (AvgIpc) is 2.24. The van der Waals surface area contributed by atoms with Gasteiger partial charge in [0, 0.05) is 0 Å². The summed E-state index contributed by atoms with van der Waals surface area (Å²) in [7, 11) is 0. The Morgan fingerprint density at radius 2 is 1.62 bits per heavy atom. The van der Waals surface area contributed by atoms with Gasteiger partial charge < -0.3 is 0 Å². The highest BCUT2D eigenvalue weighted by atomic mass is 14.0. The van der Waals surface area contributed by atoms with Crippen LogP contribution in [0.15, 0.2) is 12.2 Å². The van der Waals surface area contributed by atoms with Crippen LogP contribution in [-0.4, -0.2) is 0 Å². The zero-order valence-electron chi connectivity index (χ0n) is 12.0. The van der Waals surface area contributed by atoms with Crippen molar-refractivity contribution in [3.8, 4) is 0 Å². The van der Waals surface area contributed by atoms with Gasteiger partial charge in [-0.05, 0) is 31.1 Å². The summed E-state index contributed by atoms with van der Waals surface area (Å²) in [5, 5.41) is 0. The molecule has 0 aromatic heterocycles. The molecular weight excluding hydrogens is 192 g/mol. The van der Waals surface area contributed by atoms with Gasteiger partial charge in [-0.25, -0.2) is 0 Å². The number of hydrogen-bond acceptors (Lipinski definition) is 0. The van der Waals surface area contributed by atoms with Crippen LogP contribution in [0.5, 0.6) is 0 Å². The Morgan fingerprint density at radius 3 is 2.25 bits per heavy atom. The van der Waals surface area contributed by atoms with Crippen molar-refractivity contribution in [1.82, 2.24) is 0 Å². The minimum absolute atomic E-state index is 0.788. The Kier molecular flexibility index (Phi) is 11.0. The molecule has 0 spiro atoms. The first-order valence-electron chi connectivity index (χ1n) is 7.33. The van der Waals surface area contributed by atoms with E-state index in [1.54, 1.807) is 0 Å². The summed E-state index contributed by atoms with van der Waals surface area (Å²) in [6, 6.07) is 0. The van der Waals surface area contributed by atoms with Crippen LogP contribution in [0, 0.1) is 11.8 Å². The fourth-order valence-corrected chi connectivity index (χ4v) is 1.94. The van der Waals surface area contributed by atoms with Gasteiger partial charge in [0.2, 0.25) is 0 Å². The Morgan fingerprint density at radius 1 is 0.875 bits per heavy atom. The molecule has 1 atom stereocenters. The highest BCUT2D eigenvalue weighted by molar-refractivity contribution is 4.86. The lowest BCUT2D eigenvalue weighted by atomic mass is 10.0. The van der Waals surface area contributed by atoms with E-state index in [0.29, 0.717) is 0 Å². The van der Waals surface area contributed by atoms with Crippen molar-refractivity contribution in [2.75, 3.05) is 0 Å². The summed E-state index contributed by atoms with van der Waals surface area (Å²) in [6.45, 7) is 9.24. The zero-order chi connectivity index (χ0) is 12.2. The van der Waals surface area contributed by atoms with E-state index in [9.17, 15) is 0 Å². The summed E-state index contributed by atoms with van der Waals surface area (Å²) in [5.41, 5.74) is 0. The first-order chi connectivity index (χ1) is 7.66. The number of unbranched alkanes of at least 4 members (excludes halogenated alkanes) is 4. The zero-order valence-corrected chi connectivity index (χ0v) is 12.0. The molecule has 0 aliphatic rings. The van der Waals surface area contributed by atoms with Crippen LogP contribution in [0.2, 0.25) is 0 Å². The van der Waals surface area contributed by atoms with E-state index in [0.717, 1.165) is 11.8 Å². The van der Waals surface area contributed by atoms with Gasteiger partial charge in [0.15, 0.2) is 0 Å². The van der Waals surface area contributed by atoms with Crippen molar-refractivity contribution in [3.63, 3.8) is 0 Å². The van der Waals surface area contributed by atoms with E-state index in [-0.39, 0.29) is 0 Å². The molecule has 96 valence electrons. The van der Waals surface area contributed by atoms with Gasteiger partial charge in [-0.2, -0.15) is 0 Å². The van der Waals surface area contributed by atoms with Crippen molar-refractivity contribution in [2.45, 2.75) is 79.1 Å². The summed E-state index contributed by atoms with van der Waals surface area (Å²) in [5.74, 6) is 1.67. The molecule has 0 amide bonds. The standard InChI is InChI=1S/C16H32/c1-5-6-13-16(4)14-11-9-7-8-10-12-15(2)3/h11,14-16H,5-10,12-13H2,1-4H3. The molecule has 0 heterocycles. The van der Waals surface area contributed by atoms with E-state index < -0.39 is 0 Å². The van der Waals surface area contributed by atoms with Crippen LogP contribution in [0.4, 0.5) is 0 Å². The Hall–Kier alpha value is -0.260. The van der Waals surface area contributed by atoms with E-state index in [1.807, 2.05) is 0 Å². The molecule has 0 nitrogen and oxygen atoms in total. The number of hydrogen-bond donors (Lipinski definition) is 0. The molecule has 0 bridgehead atoms. The van der Waals surface area contributed by atoms with Crippen LogP contribution >= 0.6 is 0 Å². The largest absolute Gasteiger partial charge is 0.0883 e. The first kappa shape index (κ1) is 15.7. The predicted octanol–water partition coefficient (Wildman–Crippen LogP) is 5.98. The van der Waals surface area contributed by atoms with Crippen LogP contribution in [0.3, 0.4) is 0 Å². The van der Waals surface area contributed by atoms with Gasteiger partial charge in [0.05, 0.1) is 0 Å². The second kappa shape index (κ2) is 11.2. The highest BCUT2D eigenvalue weighted by Crippen LogP contribution is 2.12. The van der Waals surface area contributed by atoms with Crippen molar-refractivity contribution in [3.05, 3.63) is 12.2 Å². The van der Waals surface area contributed by atoms with Gasteiger partial charge in [0.25, 0.3) is 0 Å². The van der Waals surface area contributed by atoms with Crippen LogP contribution in [0.25, 0.3) is 0 Å². The van der Waals surface area contributed by atoms with Gasteiger partial charge in [-0.3, -0.25) is 0 Å². The molecule has 0 aromatic rings. The van der Waals surface area contributed by atoms with Gasteiger partial charge in [-0.15, -0.1) is 0 Å². The van der Waals surface area contributed by atoms with Crippen LogP contribution < -0.4 is 0 Å². The summed E-state index contributed by atoms with van der Waals surface area (Å²) in [6.07, 6.45) is 15.8. The lowest BCUT2D eigenvalue weighted by Crippen LogP contribution is -1.89. The van der Waals surface area contributed by atoms with Gasteiger partial charge >= 0.3 is 0 Å². The topological polar surface area (TPSA) is 0 Å². The summed E-state index contributed by atoms with van der Waals surface area (Å²) in [4.78, 5) is 0. The lowest BCUT2D eigenvalue weighted by molar-refractivity contribution is 0.528. The van der Waals surface area contributed by atoms with Crippen LogP contribution in [0.1, 0.15) is 79.1 Å². The fourth-order valence-electron chi connectivity index (χ4n) is 1.94. The number of allylic oxidation sites excluding steroid dienone is 2. The molecule has 0 aromatic carbocycles. The molecule has 0 aliphatic heterocycles. The SMILES string of the molecule is CCCCC(C)C=CCCCCCC(C)C. The predicted molar refractivity (Wildman–Crippen MR) is 75.8 cm³/mol. The Bertz CT molecular complexity index is 155. The quantitative estimate of drug-likeness (QED) is 0.316. The molecule has 0 saturated carbocycles. The molecule has 0 N–H and O–H groups in total. The van der Waals surface area contributed by atoms with E-state index >= 15 is 0 Å². The molecule has 0 saturated heterocycles. The maximum Gasteiger partial charge on any atom is -0.0262 e. The molecule has 0 fully saturated rings. The van der Waals surface area contributed by atoms with Gasteiger partial charge in [0.1, 0.15) is 0 Å². The molecule has 0 heteroatoms. The average molecular weight is 224 g/mol. The monoisotopic (exact) mass is 224 g/mol. The van der Waals surface area contributed by atoms with E-state index in [1.165, 1.54) is 51.4 Å². The molecule has 16 heavy (non-hydrogen) atoms. The molecule has 1 unspecified atom stereocenters. The summed E-state index contributed by atoms with van der Waals surface area (Å²) >= 11 is 0. The Labute approximate surface area is 104 Å². The minimum Gasteiger partial charge on any atom is -0.0883 e. The third-order valence-corrected chi connectivity index (χ3v) is 3.13. The van der Waals surface area contributed by atoms with Crippen molar-refractivity contribution >= 4 is 0 Å². The lowest BCUT2D eigenvalue weighted by Gasteiger charge is -2.04. The third kappa shape index (κ3) is 11.8. The maximum absolute atomic E-state index is 2.41. The molecule has 0 aliphatic carbocycles. The normalized spacial score (nSPS) is 13.8. The first-order valence-corrected chi connectivity index (χ1v) is 7.33. The third-order valence-electron chi connectivity index (χ3n) is 3.13. The second-order valence-corrected chi connectivity index (χ2v) is 5.58. The molecule has 0 radical (unpaired) electrons. The fraction of sp³-hybridized carbons (Fsp3) is 0.875. The second-order valence-electron chi connectivity index (χ2n) is 5.58. The van der Waals surface area contributed by atoms with Crippen molar-refractivity contribution in [2.24, 2.45) is 11.8 Å². The minimum atomic E-state index is 0.788. The summed E-state index contributed by atoms with van der Waals surface area (Å²) < 4.78 is 0. The van der Waals surface area contributed by atoms with Gasteiger partial charge in [-0.1, -0.05) is 72.0 Å². The van der Waals surface area contributed by atoms with E-state index in [2.05, 4.69) is 39.8 Å². The van der Waals surface area contributed by atoms with Crippen molar-refractivity contribution in [1.29, 1.82) is 0 Å². The smallest absolute Gasteiger partial charge is 0.0262 e. The van der Waals surface area contributed by atoms with Crippen molar-refractivity contribution < 1.29 is 0 Å². The van der Waals surface area contributed by atoms with Crippen LogP contribution in [-0.2, 0) is 0 Å².